The molecule has 6 heteroatoms. The predicted octanol–water partition coefficient (Wildman–Crippen LogP) is 3.41. The van der Waals surface area contributed by atoms with Gasteiger partial charge in [0.2, 0.25) is 5.89 Å². The van der Waals surface area contributed by atoms with Crippen molar-refractivity contribution in [1.82, 2.24) is 10.3 Å². The SMILES string of the molecule is Cc1ccc(OCC(=O)NCc2coc(-c3cccs3)n2)cc1. The minimum absolute atomic E-state index is 0.0291. The number of thiophene rings is 1. The van der Waals surface area contributed by atoms with Crippen molar-refractivity contribution in [2.45, 2.75) is 13.5 Å². The number of hydrogen-bond donors (Lipinski definition) is 1. The number of aryl methyl sites for hydroxylation is 1. The Balaban J connectivity index is 1.46. The third-order valence-electron chi connectivity index (χ3n) is 3.14. The molecule has 0 aliphatic carbocycles. The molecule has 0 saturated carbocycles. The van der Waals surface area contributed by atoms with Gasteiger partial charge in [0, 0.05) is 0 Å². The molecular formula is C17H16N2O3S. The number of ether oxygens (including phenoxy) is 1. The molecule has 0 radical (unpaired) electrons. The number of benzene rings is 1. The lowest BCUT2D eigenvalue weighted by atomic mass is 10.2. The van der Waals surface area contributed by atoms with Gasteiger partial charge in [0.1, 0.15) is 12.0 Å². The second-order valence-corrected chi connectivity index (χ2v) is 5.95. The summed E-state index contributed by atoms with van der Waals surface area (Å²) in [4.78, 5) is 17.1. The summed E-state index contributed by atoms with van der Waals surface area (Å²) in [6.45, 7) is 2.28. The number of aromatic nitrogens is 1. The maximum Gasteiger partial charge on any atom is 0.258 e. The fourth-order valence-electron chi connectivity index (χ4n) is 1.93. The van der Waals surface area contributed by atoms with Gasteiger partial charge in [-0.25, -0.2) is 4.98 Å². The van der Waals surface area contributed by atoms with Crippen LogP contribution in [0.1, 0.15) is 11.3 Å². The Morgan fingerprint density at radius 1 is 1.30 bits per heavy atom. The third kappa shape index (κ3) is 4.20. The number of hydrogen-bond acceptors (Lipinski definition) is 5. The lowest BCUT2D eigenvalue weighted by Crippen LogP contribution is -2.28. The average Bonchev–Trinajstić information content (AvgIpc) is 3.23. The highest BCUT2D eigenvalue weighted by molar-refractivity contribution is 7.13. The molecule has 2 aromatic heterocycles. The number of nitrogens with zero attached hydrogens (tertiary/aromatic N) is 1. The van der Waals surface area contributed by atoms with E-state index in [1.807, 2.05) is 48.7 Å². The quantitative estimate of drug-likeness (QED) is 0.753. The highest BCUT2D eigenvalue weighted by Gasteiger charge is 2.09. The van der Waals surface area contributed by atoms with Gasteiger partial charge >= 0.3 is 0 Å². The van der Waals surface area contributed by atoms with E-state index < -0.39 is 0 Å². The van der Waals surface area contributed by atoms with Crippen LogP contribution in [0.3, 0.4) is 0 Å². The van der Waals surface area contributed by atoms with Crippen molar-refractivity contribution in [3.63, 3.8) is 0 Å². The molecule has 1 aromatic carbocycles. The molecular weight excluding hydrogens is 312 g/mol. The predicted molar refractivity (Wildman–Crippen MR) is 88.3 cm³/mol. The van der Waals surface area contributed by atoms with Gasteiger partial charge in [-0.2, -0.15) is 0 Å². The summed E-state index contributed by atoms with van der Waals surface area (Å²) in [6.07, 6.45) is 1.55. The maximum atomic E-state index is 11.8. The molecule has 0 fully saturated rings. The van der Waals surface area contributed by atoms with E-state index in [9.17, 15) is 4.79 Å². The van der Waals surface area contributed by atoms with E-state index in [4.69, 9.17) is 9.15 Å². The molecule has 0 unspecified atom stereocenters. The lowest BCUT2D eigenvalue weighted by molar-refractivity contribution is -0.123. The molecule has 0 saturated heterocycles. The summed E-state index contributed by atoms with van der Waals surface area (Å²) < 4.78 is 10.8. The van der Waals surface area contributed by atoms with Crippen molar-refractivity contribution < 1.29 is 13.9 Å². The summed E-state index contributed by atoms with van der Waals surface area (Å²) >= 11 is 1.56. The number of carbonyl (C=O) groups is 1. The minimum atomic E-state index is -0.203. The largest absolute Gasteiger partial charge is 0.484 e. The van der Waals surface area contributed by atoms with Crippen LogP contribution >= 0.6 is 11.3 Å². The second kappa shape index (κ2) is 7.11. The Labute approximate surface area is 137 Å². The Morgan fingerprint density at radius 3 is 2.87 bits per heavy atom. The first-order chi connectivity index (χ1) is 11.2. The molecule has 3 aromatic rings. The van der Waals surface area contributed by atoms with Crippen molar-refractivity contribution in [2.75, 3.05) is 6.61 Å². The van der Waals surface area contributed by atoms with Gasteiger partial charge in [0.05, 0.1) is 17.1 Å². The number of oxazole rings is 1. The molecule has 1 N–H and O–H groups in total. The van der Waals surface area contributed by atoms with E-state index in [0.29, 0.717) is 23.9 Å². The van der Waals surface area contributed by atoms with Gasteiger partial charge < -0.3 is 14.5 Å². The first-order valence-corrected chi connectivity index (χ1v) is 8.03. The van der Waals surface area contributed by atoms with E-state index in [2.05, 4.69) is 10.3 Å². The van der Waals surface area contributed by atoms with Crippen molar-refractivity contribution in [3.8, 4) is 16.5 Å². The van der Waals surface area contributed by atoms with Crippen LogP contribution in [0.2, 0.25) is 0 Å². The Morgan fingerprint density at radius 2 is 2.13 bits per heavy atom. The first-order valence-electron chi connectivity index (χ1n) is 7.15. The first kappa shape index (κ1) is 15.3. The zero-order chi connectivity index (χ0) is 16.1. The van der Waals surface area contributed by atoms with Crippen molar-refractivity contribution in [3.05, 3.63) is 59.3 Å². The summed E-state index contributed by atoms with van der Waals surface area (Å²) in [5, 5.41) is 4.72. The molecule has 0 atom stereocenters. The van der Waals surface area contributed by atoms with E-state index >= 15 is 0 Å². The Hall–Kier alpha value is -2.60. The van der Waals surface area contributed by atoms with Gasteiger partial charge in [0.15, 0.2) is 6.61 Å². The number of carbonyl (C=O) groups excluding carboxylic acids is 1. The summed E-state index contributed by atoms with van der Waals surface area (Å²) in [5.41, 5.74) is 1.83. The summed E-state index contributed by atoms with van der Waals surface area (Å²) in [7, 11) is 0. The van der Waals surface area contributed by atoms with Gasteiger partial charge in [0.25, 0.3) is 5.91 Å². The van der Waals surface area contributed by atoms with Crippen molar-refractivity contribution in [1.29, 1.82) is 0 Å². The molecule has 1 amide bonds. The fraction of sp³-hybridized carbons (Fsp3) is 0.176. The van der Waals surface area contributed by atoms with Gasteiger partial charge in [-0.1, -0.05) is 23.8 Å². The molecule has 0 aliphatic heterocycles. The number of amides is 1. The molecule has 0 bridgehead atoms. The van der Waals surface area contributed by atoms with Crippen LogP contribution in [0.15, 0.2) is 52.5 Å². The van der Waals surface area contributed by atoms with Crippen molar-refractivity contribution in [2.24, 2.45) is 0 Å². The van der Waals surface area contributed by atoms with Gasteiger partial charge in [-0.15, -0.1) is 11.3 Å². The average molecular weight is 328 g/mol. The van der Waals surface area contributed by atoms with E-state index in [1.54, 1.807) is 17.6 Å². The van der Waals surface area contributed by atoms with Crippen LogP contribution in [0.5, 0.6) is 5.75 Å². The maximum absolute atomic E-state index is 11.8. The second-order valence-electron chi connectivity index (χ2n) is 5.00. The molecule has 2 heterocycles. The zero-order valence-corrected chi connectivity index (χ0v) is 13.4. The minimum Gasteiger partial charge on any atom is -0.484 e. The molecule has 118 valence electrons. The topological polar surface area (TPSA) is 64.4 Å². The van der Waals surface area contributed by atoms with Crippen LogP contribution < -0.4 is 10.1 Å². The highest BCUT2D eigenvalue weighted by Crippen LogP contribution is 2.23. The number of rotatable bonds is 6. The Kier molecular flexibility index (Phi) is 4.73. The van der Waals surface area contributed by atoms with Gasteiger partial charge in [-0.05, 0) is 30.5 Å². The van der Waals surface area contributed by atoms with Gasteiger partial charge in [-0.3, -0.25) is 4.79 Å². The highest BCUT2D eigenvalue weighted by atomic mass is 32.1. The Bertz CT molecular complexity index is 764. The molecule has 0 aliphatic rings. The van der Waals surface area contributed by atoms with Crippen LogP contribution in [0.4, 0.5) is 0 Å². The third-order valence-corrected chi connectivity index (χ3v) is 4.00. The van der Waals surface area contributed by atoms with Crippen molar-refractivity contribution >= 4 is 17.2 Å². The molecule has 5 nitrogen and oxygen atoms in total. The van der Waals surface area contributed by atoms with E-state index in [0.717, 1.165) is 10.4 Å². The monoisotopic (exact) mass is 328 g/mol. The zero-order valence-electron chi connectivity index (χ0n) is 12.6. The smallest absolute Gasteiger partial charge is 0.258 e. The summed E-state index contributed by atoms with van der Waals surface area (Å²) in [5.74, 6) is 1.04. The normalized spacial score (nSPS) is 10.5. The fourth-order valence-corrected chi connectivity index (χ4v) is 2.58. The van der Waals surface area contributed by atoms with Crippen LogP contribution in [-0.4, -0.2) is 17.5 Å². The number of nitrogens with one attached hydrogen (secondary N) is 1. The lowest BCUT2D eigenvalue weighted by Gasteiger charge is -2.06. The summed E-state index contributed by atoms with van der Waals surface area (Å²) in [6, 6.07) is 11.4. The van der Waals surface area contributed by atoms with E-state index in [1.165, 1.54) is 0 Å². The molecule has 23 heavy (non-hydrogen) atoms. The van der Waals surface area contributed by atoms with Crippen LogP contribution in [0, 0.1) is 6.92 Å². The van der Waals surface area contributed by atoms with Crippen LogP contribution in [0.25, 0.3) is 10.8 Å². The van der Waals surface area contributed by atoms with E-state index in [-0.39, 0.29) is 12.5 Å². The standard InChI is InChI=1S/C17H16N2O3S/c1-12-4-6-14(7-5-12)21-11-16(20)18-9-13-10-22-17(19-13)15-3-2-8-23-15/h2-8,10H,9,11H2,1H3,(H,18,20). The molecule has 0 spiro atoms. The molecule has 3 rings (SSSR count). The van der Waals surface area contributed by atoms with Crippen LogP contribution in [-0.2, 0) is 11.3 Å².